The van der Waals surface area contributed by atoms with Gasteiger partial charge in [-0.15, -0.1) is 0 Å². The van der Waals surface area contributed by atoms with Gasteiger partial charge in [-0.25, -0.2) is 4.79 Å². The minimum absolute atomic E-state index is 0.136. The number of hydrogen-bond acceptors (Lipinski definition) is 4. The molecule has 1 unspecified atom stereocenters. The van der Waals surface area contributed by atoms with E-state index in [-0.39, 0.29) is 6.04 Å². The Morgan fingerprint density at radius 2 is 1.95 bits per heavy atom. The van der Waals surface area contributed by atoms with Gasteiger partial charge in [0.15, 0.2) is 0 Å². The van der Waals surface area contributed by atoms with E-state index in [4.69, 9.17) is 14.7 Å². The lowest BCUT2D eigenvalue weighted by Crippen LogP contribution is -2.40. The quantitative estimate of drug-likeness (QED) is 0.874. The highest BCUT2D eigenvalue weighted by Gasteiger charge is 2.19. The van der Waals surface area contributed by atoms with Crippen LogP contribution in [0.2, 0.25) is 0 Å². The zero-order valence-corrected chi connectivity index (χ0v) is 13.7. The van der Waals surface area contributed by atoms with Crippen molar-refractivity contribution in [3.8, 4) is 11.8 Å². The SMILES string of the molecule is COc1ccc(CC(CCC#N)NC(=O)OC(C)(C)C)cc1. The van der Waals surface area contributed by atoms with Gasteiger partial charge >= 0.3 is 6.09 Å². The Labute approximate surface area is 132 Å². The number of alkyl carbamates (subject to hydrolysis) is 1. The average molecular weight is 304 g/mol. The van der Waals surface area contributed by atoms with Crippen LogP contribution in [0.4, 0.5) is 4.79 Å². The van der Waals surface area contributed by atoms with Gasteiger partial charge in [0, 0.05) is 12.5 Å². The largest absolute Gasteiger partial charge is 0.497 e. The lowest BCUT2D eigenvalue weighted by atomic mass is 10.0. The lowest BCUT2D eigenvalue weighted by molar-refractivity contribution is 0.0502. The number of amides is 1. The summed E-state index contributed by atoms with van der Waals surface area (Å²) in [4.78, 5) is 11.9. The summed E-state index contributed by atoms with van der Waals surface area (Å²) in [6, 6.07) is 9.64. The van der Waals surface area contributed by atoms with Crippen molar-refractivity contribution >= 4 is 6.09 Å². The number of hydrogen-bond donors (Lipinski definition) is 1. The van der Waals surface area contributed by atoms with Crippen LogP contribution in [0.5, 0.6) is 5.75 Å². The zero-order valence-electron chi connectivity index (χ0n) is 13.7. The fourth-order valence-electron chi connectivity index (χ4n) is 1.98. The van der Waals surface area contributed by atoms with Crippen molar-refractivity contribution in [2.24, 2.45) is 0 Å². The maximum absolute atomic E-state index is 11.9. The van der Waals surface area contributed by atoms with Crippen LogP contribution < -0.4 is 10.1 Å². The molecule has 0 saturated heterocycles. The van der Waals surface area contributed by atoms with Crippen molar-refractivity contribution < 1.29 is 14.3 Å². The summed E-state index contributed by atoms with van der Waals surface area (Å²) in [5.41, 5.74) is 0.532. The van der Waals surface area contributed by atoms with Crippen LogP contribution in [0, 0.1) is 11.3 Å². The molecule has 0 aliphatic rings. The molecule has 0 saturated carbocycles. The first-order chi connectivity index (χ1) is 10.3. The number of ether oxygens (including phenoxy) is 2. The van der Waals surface area contributed by atoms with Gasteiger partial charge < -0.3 is 14.8 Å². The van der Waals surface area contributed by atoms with Crippen molar-refractivity contribution in [1.29, 1.82) is 5.26 Å². The van der Waals surface area contributed by atoms with Gasteiger partial charge in [-0.05, 0) is 51.3 Å². The Balaban J connectivity index is 2.66. The third-order valence-corrected chi connectivity index (χ3v) is 2.97. The Morgan fingerprint density at radius 3 is 2.45 bits per heavy atom. The molecule has 0 aliphatic carbocycles. The monoisotopic (exact) mass is 304 g/mol. The standard InChI is InChI=1S/C17H24N2O3/c1-17(2,3)22-16(20)19-14(6-5-11-18)12-13-7-9-15(21-4)10-8-13/h7-10,14H,5-6,12H2,1-4H3,(H,19,20). The molecule has 1 aromatic carbocycles. The molecule has 1 amide bonds. The minimum Gasteiger partial charge on any atom is -0.497 e. The predicted molar refractivity (Wildman–Crippen MR) is 84.7 cm³/mol. The Morgan fingerprint density at radius 1 is 1.32 bits per heavy atom. The summed E-state index contributed by atoms with van der Waals surface area (Å²) in [5, 5.41) is 11.6. The van der Waals surface area contributed by atoms with E-state index in [9.17, 15) is 4.79 Å². The van der Waals surface area contributed by atoms with Crippen LogP contribution in [-0.2, 0) is 11.2 Å². The van der Waals surface area contributed by atoms with Crippen molar-refractivity contribution in [1.82, 2.24) is 5.32 Å². The molecule has 5 heteroatoms. The van der Waals surface area contributed by atoms with E-state index in [0.717, 1.165) is 11.3 Å². The summed E-state index contributed by atoms with van der Waals surface area (Å²) >= 11 is 0. The summed E-state index contributed by atoms with van der Waals surface area (Å²) < 4.78 is 10.4. The molecule has 0 spiro atoms. The van der Waals surface area contributed by atoms with Crippen molar-refractivity contribution in [2.45, 2.75) is 51.7 Å². The Kier molecular flexibility index (Phi) is 6.71. The van der Waals surface area contributed by atoms with Gasteiger partial charge in [-0.2, -0.15) is 5.26 Å². The zero-order chi connectivity index (χ0) is 16.6. The normalized spacial score (nSPS) is 12.1. The van der Waals surface area contributed by atoms with Crippen LogP contribution in [0.1, 0.15) is 39.2 Å². The van der Waals surface area contributed by atoms with Crippen LogP contribution in [0.15, 0.2) is 24.3 Å². The second kappa shape index (κ2) is 8.28. The molecule has 120 valence electrons. The first-order valence-electron chi connectivity index (χ1n) is 7.33. The van der Waals surface area contributed by atoms with E-state index in [1.54, 1.807) is 7.11 Å². The number of carbonyl (C=O) groups excluding carboxylic acids is 1. The van der Waals surface area contributed by atoms with Crippen molar-refractivity contribution in [3.05, 3.63) is 29.8 Å². The van der Waals surface area contributed by atoms with Gasteiger partial charge in [-0.3, -0.25) is 0 Å². The number of methoxy groups -OCH3 is 1. The second-order valence-corrected chi connectivity index (χ2v) is 6.09. The van der Waals surface area contributed by atoms with E-state index in [2.05, 4.69) is 11.4 Å². The topological polar surface area (TPSA) is 71.3 Å². The van der Waals surface area contributed by atoms with E-state index in [1.165, 1.54) is 0 Å². The number of rotatable bonds is 6. The number of benzene rings is 1. The molecule has 0 bridgehead atoms. The van der Waals surface area contributed by atoms with E-state index < -0.39 is 11.7 Å². The highest BCUT2D eigenvalue weighted by molar-refractivity contribution is 5.68. The molecule has 0 heterocycles. The smallest absolute Gasteiger partial charge is 0.407 e. The summed E-state index contributed by atoms with van der Waals surface area (Å²) in [5.74, 6) is 0.789. The van der Waals surface area contributed by atoms with Gasteiger partial charge in [0.05, 0.1) is 13.2 Å². The number of nitrogens with one attached hydrogen (secondary N) is 1. The van der Waals surface area contributed by atoms with Crippen LogP contribution in [-0.4, -0.2) is 24.8 Å². The predicted octanol–water partition coefficient (Wildman–Crippen LogP) is 3.43. The fourth-order valence-corrected chi connectivity index (χ4v) is 1.98. The highest BCUT2D eigenvalue weighted by Crippen LogP contribution is 2.15. The first-order valence-corrected chi connectivity index (χ1v) is 7.33. The molecular weight excluding hydrogens is 280 g/mol. The van der Waals surface area contributed by atoms with Gasteiger partial charge in [0.25, 0.3) is 0 Å². The van der Waals surface area contributed by atoms with Gasteiger partial charge in [-0.1, -0.05) is 12.1 Å². The lowest BCUT2D eigenvalue weighted by Gasteiger charge is -2.23. The molecular formula is C17H24N2O3. The second-order valence-electron chi connectivity index (χ2n) is 6.09. The highest BCUT2D eigenvalue weighted by atomic mass is 16.6. The van der Waals surface area contributed by atoms with Crippen LogP contribution in [0.25, 0.3) is 0 Å². The molecule has 0 aromatic heterocycles. The molecule has 0 aliphatic heterocycles. The van der Waals surface area contributed by atoms with Crippen molar-refractivity contribution in [3.63, 3.8) is 0 Å². The van der Waals surface area contributed by atoms with E-state index >= 15 is 0 Å². The van der Waals surface area contributed by atoms with E-state index in [1.807, 2.05) is 45.0 Å². The summed E-state index contributed by atoms with van der Waals surface area (Å²) in [6.07, 6.45) is 1.16. The average Bonchev–Trinajstić information content (AvgIpc) is 2.43. The number of carbonyl (C=O) groups is 1. The van der Waals surface area contributed by atoms with Crippen molar-refractivity contribution in [2.75, 3.05) is 7.11 Å². The molecule has 0 fully saturated rings. The maximum atomic E-state index is 11.9. The Bertz CT molecular complexity index is 512. The number of nitrogens with zero attached hydrogens (tertiary/aromatic N) is 1. The maximum Gasteiger partial charge on any atom is 0.407 e. The minimum atomic E-state index is -0.538. The molecule has 1 aromatic rings. The molecule has 1 N–H and O–H groups in total. The number of nitriles is 1. The first kappa shape index (κ1) is 17.8. The summed E-state index contributed by atoms with van der Waals surface area (Å²) in [6.45, 7) is 5.46. The molecule has 5 nitrogen and oxygen atoms in total. The third kappa shape index (κ3) is 6.98. The van der Waals surface area contributed by atoms with Gasteiger partial charge in [0.1, 0.15) is 11.4 Å². The van der Waals surface area contributed by atoms with Crippen LogP contribution >= 0.6 is 0 Å². The van der Waals surface area contributed by atoms with Crippen LogP contribution in [0.3, 0.4) is 0 Å². The van der Waals surface area contributed by atoms with Gasteiger partial charge in [0.2, 0.25) is 0 Å². The summed E-state index contributed by atoms with van der Waals surface area (Å²) in [7, 11) is 1.62. The molecule has 0 radical (unpaired) electrons. The third-order valence-electron chi connectivity index (χ3n) is 2.97. The van der Waals surface area contributed by atoms with E-state index in [0.29, 0.717) is 19.3 Å². The fraction of sp³-hybridized carbons (Fsp3) is 0.529. The molecule has 1 atom stereocenters. The Hall–Kier alpha value is -2.22. The molecule has 1 rings (SSSR count). The molecule has 22 heavy (non-hydrogen) atoms.